The molecule has 0 atom stereocenters. The standard InChI is InChI=1S/C21H33N3O4/c1-5-22-19(25)17-8-9-18(23-15-17)27-14-6-7-16-10-12-24(13-11-16)20(26)28-21(2,3)4/h8-9,15-16H,5-7,10-14H2,1-4H3,(H,22,25). The fraction of sp³-hybridized carbons (Fsp3) is 0.667. The van der Waals surface area contributed by atoms with E-state index < -0.39 is 5.60 Å². The van der Waals surface area contributed by atoms with Gasteiger partial charge < -0.3 is 19.7 Å². The van der Waals surface area contributed by atoms with E-state index in [1.165, 1.54) is 6.20 Å². The third kappa shape index (κ3) is 7.37. The lowest BCUT2D eigenvalue weighted by atomic mass is 9.92. The molecule has 7 heteroatoms. The molecule has 2 heterocycles. The predicted octanol–water partition coefficient (Wildman–Crippen LogP) is 3.64. The van der Waals surface area contributed by atoms with Crippen molar-refractivity contribution in [1.29, 1.82) is 0 Å². The second kappa shape index (κ2) is 10.3. The molecule has 0 aromatic carbocycles. The summed E-state index contributed by atoms with van der Waals surface area (Å²) in [5.74, 6) is 1.02. The van der Waals surface area contributed by atoms with Crippen molar-refractivity contribution in [2.75, 3.05) is 26.2 Å². The van der Waals surface area contributed by atoms with Crippen LogP contribution in [0.15, 0.2) is 18.3 Å². The molecule has 1 aliphatic heterocycles. The van der Waals surface area contributed by atoms with Crippen LogP contribution in [0.5, 0.6) is 5.88 Å². The van der Waals surface area contributed by atoms with Crippen molar-refractivity contribution < 1.29 is 19.1 Å². The first-order chi connectivity index (χ1) is 13.3. The van der Waals surface area contributed by atoms with Gasteiger partial charge in [-0.15, -0.1) is 0 Å². The fourth-order valence-corrected chi connectivity index (χ4v) is 3.14. The first kappa shape index (κ1) is 22.0. The Morgan fingerprint density at radius 2 is 1.96 bits per heavy atom. The summed E-state index contributed by atoms with van der Waals surface area (Å²) in [5.41, 5.74) is 0.0862. The lowest BCUT2D eigenvalue weighted by molar-refractivity contribution is 0.0179. The topological polar surface area (TPSA) is 80.8 Å². The molecule has 0 radical (unpaired) electrons. The SMILES string of the molecule is CCNC(=O)c1ccc(OCCCC2CCN(C(=O)OC(C)(C)C)CC2)nc1. The molecule has 0 spiro atoms. The molecule has 2 amide bonds. The molecule has 1 saturated heterocycles. The molecule has 0 unspecified atom stereocenters. The van der Waals surface area contributed by atoms with E-state index >= 15 is 0 Å². The highest BCUT2D eigenvalue weighted by molar-refractivity contribution is 5.93. The van der Waals surface area contributed by atoms with Gasteiger partial charge in [0, 0.05) is 31.9 Å². The maximum Gasteiger partial charge on any atom is 0.410 e. The largest absolute Gasteiger partial charge is 0.478 e. The van der Waals surface area contributed by atoms with Crippen molar-refractivity contribution in [2.45, 2.75) is 59.0 Å². The molecule has 0 saturated carbocycles. The summed E-state index contributed by atoms with van der Waals surface area (Å²) in [6, 6.07) is 3.45. The number of nitrogens with one attached hydrogen (secondary N) is 1. The monoisotopic (exact) mass is 391 g/mol. The zero-order chi connectivity index (χ0) is 20.6. The lowest BCUT2D eigenvalue weighted by Crippen LogP contribution is -2.41. The Bertz CT molecular complexity index is 632. The minimum absolute atomic E-state index is 0.126. The van der Waals surface area contributed by atoms with Crippen molar-refractivity contribution in [3.63, 3.8) is 0 Å². The van der Waals surface area contributed by atoms with E-state index in [-0.39, 0.29) is 12.0 Å². The number of rotatable bonds is 7. The Kier molecular flexibility index (Phi) is 8.08. The molecule has 1 aliphatic rings. The zero-order valence-corrected chi connectivity index (χ0v) is 17.5. The predicted molar refractivity (Wildman–Crippen MR) is 108 cm³/mol. The smallest absolute Gasteiger partial charge is 0.410 e. The average Bonchev–Trinajstić information content (AvgIpc) is 2.65. The van der Waals surface area contributed by atoms with Gasteiger partial charge >= 0.3 is 6.09 Å². The number of pyridine rings is 1. The van der Waals surface area contributed by atoms with E-state index in [0.29, 0.717) is 30.5 Å². The van der Waals surface area contributed by atoms with Crippen LogP contribution in [0.25, 0.3) is 0 Å². The quantitative estimate of drug-likeness (QED) is 0.718. The number of carbonyl (C=O) groups excluding carboxylic acids is 2. The van der Waals surface area contributed by atoms with Gasteiger partial charge in [0.2, 0.25) is 5.88 Å². The van der Waals surface area contributed by atoms with E-state index in [1.54, 1.807) is 17.0 Å². The van der Waals surface area contributed by atoms with E-state index in [0.717, 1.165) is 38.8 Å². The summed E-state index contributed by atoms with van der Waals surface area (Å²) in [6.07, 6.45) is 5.33. The molecular formula is C21H33N3O4. The first-order valence-corrected chi connectivity index (χ1v) is 10.1. The van der Waals surface area contributed by atoms with Crippen LogP contribution in [-0.2, 0) is 4.74 Å². The van der Waals surface area contributed by atoms with Gasteiger partial charge in [-0.25, -0.2) is 9.78 Å². The van der Waals surface area contributed by atoms with E-state index in [2.05, 4.69) is 10.3 Å². The summed E-state index contributed by atoms with van der Waals surface area (Å²) in [4.78, 5) is 29.8. The average molecular weight is 392 g/mol. The summed E-state index contributed by atoms with van der Waals surface area (Å²) in [5, 5.41) is 2.74. The van der Waals surface area contributed by atoms with Crippen molar-refractivity contribution in [2.24, 2.45) is 5.92 Å². The van der Waals surface area contributed by atoms with Gasteiger partial charge in [-0.1, -0.05) is 0 Å². The molecular weight excluding hydrogens is 358 g/mol. The maximum atomic E-state index is 12.1. The van der Waals surface area contributed by atoms with E-state index in [9.17, 15) is 9.59 Å². The molecule has 2 rings (SSSR count). The summed E-state index contributed by atoms with van der Waals surface area (Å²) >= 11 is 0. The van der Waals surface area contributed by atoms with Gasteiger partial charge in [0.05, 0.1) is 12.2 Å². The summed E-state index contributed by atoms with van der Waals surface area (Å²) < 4.78 is 11.1. The molecule has 7 nitrogen and oxygen atoms in total. The number of hydrogen-bond donors (Lipinski definition) is 1. The highest BCUT2D eigenvalue weighted by Gasteiger charge is 2.26. The minimum atomic E-state index is -0.447. The van der Waals surface area contributed by atoms with E-state index in [1.807, 2.05) is 27.7 Å². The Morgan fingerprint density at radius 1 is 1.25 bits per heavy atom. The Balaban J connectivity index is 1.63. The normalized spacial score (nSPS) is 15.2. The highest BCUT2D eigenvalue weighted by atomic mass is 16.6. The Hall–Kier alpha value is -2.31. The Labute approximate surface area is 167 Å². The third-order valence-electron chi connectivity index (χ3n) is 4.61. The van der Waals surface area contributed by atoms with Gasteiger partial charge in [-0.05, 0) is 65.4 Å². The molecule has 0 aliphatic carbocycles. The van der Waals surface area contributed by atoms with Crippen LogP contribution >= 0.6 is 0 Å². The molecule has 1 fully saturated rings. The second-order valence-corrected chi connectivity index (χ2v) is 8.15. The van der Waals surface area contributed by atoms with Gasteiger partial charge in [-0.2, -0.15) is 0 Å². The van der Waals surface area contributed by atoms with Crippen molar-refractivity contribution in [1.82, 2.24) is 15.2 Å². The third-order valence-corrected chi connectivity index (χ3v) is 4.61. The second-order valence-electron chi connectivity index (χ2n) is 8.15. The minimum Gasteiger partial charge on any atom is -0.478 e. The summed E-state index contributed by atoms with van der Waals surface area (Å²) in [6.45, 7) is 10.2. The summed E-state index contributed by atoms with van der Waals surface area (Å²) in [7, 11) is 0. The number of likely N-dealkylation sites (tertiary alicyclic amines) is 1. The van der Waals surface area contributed by atoms with Crippen LogP contribution in [-0.4, -0.2) is 53.7 Å². The number of carbonyl (C=O) groups is 2. The van der Waals surface area contributed by atoms with Crippen LogP contribution in [0.4, 0.5) is 4.79 Å². The number of piperidine rings is 1. The van der Waals surface area contributed by atoms with Crippen LogP contribution in [0.2, 0.25) is 0 Å². The molecule has 1 N–H and O–H groups in total. The molecule has 28 heavy (non-hydrogen) atoms. The highest BCUT2D eigenvalue weighted by Crippen LogP contribution is 2.23. The number of amides is 2. The van der Waals surface area contributed by atoms with Crippen LogP contribution in [0.3, 0.4) is 0 Å². The number of hydrogen-bond acceptors (Lipinski definition) is 5. The number of aromatic nitrogens is 1. The van der Waals surface area contributed by atoms with Crippen molar-refractivity contribution >= 4 is 12.0 Å². The molecule has 0 bridgehead atoms. The first-order valence-electron chi connectivity index (χ1n) is 10.1. The van der Waals surface area contributed by atoms with Crippen LogP contribution < -0.4 is 10.1 Å². The molecule has 156 valence electrons. The van der Waals surface area contributed by atoms with Crippen molar-refractivity contribution in [3.05, 3.63) is 23.9 Å². The Morgan fingerprint density at radius 3 is 2.54 bits per heavy atom. The van der Waals surface area contributed by atoms with Gasteiger partial charge in [0.15, 0.2) is 0 Å². The van der Waals surface area contributed by atoms with Crippen molar-refractivity contribution in [3.8, 4) is 5.88 Å². The van der Waals surface area contributed by atoms with Gasteiger partial charge in [0.25, 0.3) is 5.91 Å². The van der Waals surface area contributed by atoms with Gasteiger partial charge in [0.1, 0.15) is 5.60 Å². The van der Waals surface area contributed by atoms with Crippen LogP contribution in [0.1, 0.15) is 63.7 Å². The van der Waals surface area contributed by atoms with Gasteiger partial charge in [-0.3, -0.25) is 4.79 Å². The number of nitrogens with zero attached hydrogens (tertiary/aromatic N) is 2. The molecule has 1 aromatic heterocycles. The van der Waals surface area contributed by atoms with Crippen LogP contribution in [0, 0.1) is 5.92 Å². The zero-order valence-electron chi connectivity index (χ0n) is 17.5. The lowest BCUT2D eigenvalue weighted by Gasteiger charge is -2.33. The number of ether oxygens (including phenoxy) is 2. The maximum absolute atomic E-state index is 12.1. The van der Waals surface area contributed by atoms with E-state index in [4.69, 9.17) is 9.47 Å². The molecule has 1 aromatic rings. The fourth-order valence-electron chi connectivity index (χ4n) is 3.14.